The van der Waals surface area contributed by atoms with Crippen molar-refractivity contribution in [2.24, 2.45) is 5.73 Å². The van der Waals surface area contributed by atoms with E-state index in [2.05, 4.69) is 24.1 Å². The summed E-state index contributed by atoms with van der Waals surface area (Å²) < 4.78 is 0. The number of hydrogen-bond acceptors (Lipinski definition) is 3. The first-order valence-corrected chi connectivity index (χ1v) is 4.14. The Morgan fingerprint density at radius 3 is 2.67 bits per heavy atom. The highest BCUT2D eigenvalue weighted by molar-refractivity contribution is 5.36. The number of pyridine rings is 1. The smallest absolute Gasteiger partial charge is 0.126 e. The lowest BCUT2D eigenvalue weighted by Gasteiger charge is -2.08. The van der Waals surface area contributed by atoms with Gasteiger partial charge in [-0.3, -0.25) is 0 Å². The predicted molar refractivity (Wildman–Crippen MR) is 50.9 cm³/mol. The maximum Gasteiger partial charge on any atom is 0.126 e. The molecule has 1 aromatic heterocycles. The normalized spacial score (nSPS) is 10.3. The minimum atomic E-state index is 0.418. The number of anilines is 1. The number of nitrogens with one attached hydrogen (secondary N) is 1. The van der Waals surface area contributed by atoms with E-state index >= 15 is 0 Å². The van der Waals surface area contributed by atoms with Gasteiger partial charge in [-0.25, -0.2) is 4.98 Å². The first-order valence-electron chi connectivity index (χ1n) is 4.14. The number of hydrogen-bond donors (Lipinski definition) is 2. The Kier molecular flexibility index (Phi) is 3.05. The lowest BCUT2D eigenvalue weighted by molar-refractivity contribution is 0.887. The summed E-state index contributed by atoms with van der Waals surface area (Å²) in [7, 11) is 0. The third-order valence-corrected chi connectivity index (χ3v) is 1.50. The maximum absolute atomic E-state index is 5.44. The molecule has 0 bridgehead atoms. The van der Waals surface area contributed by atoms with Gasteiger partial charge < -0.3 is 11.1 Å². The van der Waals surface area contributed by atoms with Gasteiger partial charge in [-0.2, -0.15) is 0 Å². The van der Waals surface area contributed by atoms with Crippen molar-refractivity contribution >= 4 is 5.82 Å². The summed E-state index contributed by atoms with van der Waals surface area (Å²) in [5.74, 6) is 0.905. The van der Waals surface area contributed by atoms with Crippen LogP contribution in [0.5, 0.6) is 0 Å². The number of nitrogens with two attached hydrogens (primary N) is 1. The SMILES string of the molecule is CC(C)Nc1ccc(CN)cn1. The van der Waals surface area contributed by atoms with Crippen LogP contribution in [0.2, 0.25) is 0 Å². The van der Waals surface area contributed by atoms with E-state index in [0.29, 0.717) is 12.6 Å². The Morgan fingerprint density at radius 2 is 2.25 bits per heavy atom. The maximum atomic E-state index is 5.44. The number of aromatic nitrogens is 1. The van der Waals surface area contributed by atoms with E-state index in [1.54, 1.807) is 6.20 Å². The molecular formula is C9H15N3. The summed E-state index contributed by atoms with van der Waals surface area (Å²) in [6.07, 6.45) is 1.80. The van der Waals surface area contributed by atoms with Crippen molar-refractivity contribution < 1.29 is 0 Å². The van der Waals surface area contributed by atoms with Gasteiger partial charge >= 0.3 is 0 Å². The van der Waals surface area contributed by atoms with Gasteiger partial charge in [-0.05, 0) is 25.5 Å². The molecule has 1 rings (SSSR count). The highest BCUT2D eigenvalue weighted by atomic mass is 15.0. The standard InChI is InChI=1S/C9H15N3/c1-7(2)12-9-4-3-8(5-10)6-11-9/h3-4,6-7H,5,10H2,1-2H3,(H,11,12). The van der Waals surface area contributed by atoms with Crippen LogP contribution in [0.25, 0.3) is 0 Å². The monoisotopic (exact) mass is 165 g/mol. The highest BCUT2D eigenvalue weighted by Crippen LogP contribution is 2.05. The lowest BCUT2D eigenvalue weighted by atomic mass is 10.3. The Bertz CT molecular complexity index is 228. The molecule has 0 radical (unpaired) electrons. The molecule has 0 atom stereocenters. The van der Waals surface area contributed by atoms with Crippen LogP contribution >= 0.6 is 0 Å². The number of nitrogens with zero attached hydrogens (tertiary/aromatic N) is 1. The summed E-state index contributed by atoms with van der Waals surface area (Å²) in [5.41, 5.74) is 6.50. The van der Waals surface area contributed by atoms with Gasteiger partial charge in [-0.15, -0.1) is 0 Å². The molecule has 0 spiro atoms. The summed E-state index contributed by atoms with van der Waals surface area (Å²) >= 11 is 0. The van der Waals surface area contributed by atoms with Crippen LogP contribution in [0.3, 0.4) is 0 Å². The molecule has 0 fully saturated rings. The van der Waals surface area contributed by atoms with Crippen molar-refractivity contribution in [3.05, 3.63) is 23.9 Å². The minimum Gasteiger partial charge on any atom is -0.368 e. The van der Waals surface area contributed by atoms with Crippen LogP contribution in [-0.4, -0.2) is 11.0 Å². The van der Waals surface area contributed by atoms with E-state index in [0.717, 1.165) is 11.4 Å². The van der Waals surface area contributed by atoms with Crippen molar-refractivity contribution in [3.8, 4) is 0 Å². The first kappa shape index (κ1) is 9.00. The van der Waals surface area contributed by atoms with E-state index in [1.165, 1.54) is 0 Å². The van der Waals surface area contributed by atoms with Crippen molar-refractivity contribution in [1.82, 2.24) is 4.98 Å². The molecule has 0 saturated carbocycles. The predicted octanol–water partition coefficient (Wildman–Crippen LogP) is 1.36. The second kappa shape index (κ2) is 4.07. The van der Waals surface area contributed by atoms with Crippen molar-refractivity contribution in [2.75, 3.05) is 5.32 Å². The zero-order valence-electron chi connectivity index (χ0n) is 7.54. The third kappa shape index (κ3) is 2.51. The van der Waals surface area contributed by atoms with Crippen LogP contribution in [0.15, 0.2) is 18.3 Å². The first-order chi connectivity index (χ1) is 5.72. The molecule has 0 aliphatic heterocycles. The van der Waals surface area contributed by atoms with Crippen molar-refractivity contribution in [1.29, 1.82) is 0 Å². The Hall–Kier alpha value is -1.09. The molecule has 0 unspecified atom stereocenters. The minimum absolute atomic E-state index is 0.418. The van der Waals surface area contributed by atoms with Gasteiger partial charge in [0.1, 0.15) is 5.82 Å². The van der Waals surface area contributed by atoms with Gasteiger partial charge in [0.15, 0.2) is 0 Å². The second-order valence-electron chi connectivity index (χ2n) is 3.05. The fraction of sp³-hybridized carbons (Fsp3) is 0.444. The molecular weight excluding hydrogens is 150 g/mol. The quantitative estimate of drug-likeness (QED) is 0.711. The molecule has 0 aromatic carbocycles. The average molecular weight is 165 g/mol. The van der Waals surface area contributed by atoms with Gasteiger partial charge in [-0.1, -0.05) is 6.07 Å². The summed E-state index contributed by atoms with van der Waals surface area (Å²) in [5, 5.41) is 3.20. The molecule has 0 amide bonds. The van der Waals surface area contributed by atoms with Crippen molar-refractivity contribution in [2.45, 2.75) is 26.4 Å². The molecule has 0 aliphatic rings. The van der Waals surface area contributed by atoms with E-state index in [9.17, 15) is 0 Å². The van der Waals surface area contributed by atoms with E-state index in [-0.39, 0.29) is 0 Å². The Balaban J connectivity index is 2.65. The Morgan fingerprint density at radius 1 is 1.50 bits per heavy atom. The molecule has 0 saturated heterocycles. The molecule has 3 N–H and O–H groups in total. The zero-order valence-corrected chi connectivity index (χ0v) is 7.54. The lowest BCUT2D eigenvalue weighted by Crippen LogP contribution is -2.11. The fourth-order valence-electron chi connectivity index (χ4n) is 0.926. The third-order valence-electron chi connectivity index (χ3n) is 1.50. The van der Waals surface area contributed by atoms with E-state index < -0.39 is 0 Å². The molecule has 1 aromatic rings. The van der Waals surface area contributed by atoms with Gasteiger partial charge in [0, 0.05) is 18.8 Å². The highest BCUT2D eigenvalue weighted by Gasteiger charge is 1.95. The number of rotatable bonds is 3. The average Bonchev–Trinajstić information content (AvgIpc) is 2.05. The van der Waals surface area contributed by atoms with Crippen molar-refractivity contribution in [3.63, 3.8) is 0 Å². The molecule has 3 nitrogen and oxygen atoms in total. The van der Waals surface area contributed by atoms with Crippen LogP contribution < -0.4 is 11.1 Å². The van der Waals surface area contributed by atoms with Crippen LogP contribution in [-0.2, 0) is 6.54 Å². The van der Waals surface area contributed by atoms with Crippen LogP contribution in [0.4, 0.5) is 5.82 Å². The van der Waals surface area contributed by atoms with E-state index in [4.69, 9.17) is 5.73 Å². The zero-order chi connectivity index (χ0) is 8.97. The molecule has 1 heterocycles. The Labute approximate surface area is 73.0 Å². The molecule has 66 valence electrons. The fourth-order valence-corrected chi connectivity index (χ4v) is 0.926. The van der Waals surface area contributed by atoms with Gasteiger partial charge in [0.05, 0.1) is 0 Å². The topological polar surface area (TPSA) is 50.9 Å². The second-order valence-corrected chi connectivity index (χ2v) is 3.05. The van der Waals surface area contributed by atoms with Crippen LogP contribution in [0.1, 0.15) is 19.4 Å². The summed E-state index contributed by atoms with van der Waals surface area (Å²) in [6, 6.07) is 4.35. The molecule has 12 heavy (non-hydrogen) atoms. The van der Waals surface area contributed by atoms with Gasteiger partial charge in [0.2, 0.25) is 0 Å². The van der Waals surface area contributed by atoms with E-state index in [1.807, 2.05) is 12.1 Å². The largest absolute Gasteiger partial charge is 0.368 e. The molecule has 0 aliphatic carbocycles. The molecule has 3 heteroatoms. The summed E-state index contributed by atoms with van der Waals surface area (Å²) in [4.78, 5) is 4.20. The van der Waals surface area contributed by atoms with Gasteiger partial charge in [0.25, 0.3) is 0 Å². The summed E-state index contributed by atoms with van der Waals surface area (Å²) in [6.45, 7) is 4.71. The van der Waals surface area contributed by atoms with Crippen LogP contribution in [0, 0.1) is 0 Å².